The van der Waals surface area contributed by atoms with Crippen molar-refractivity contribution in [3.05, 3.63) is 57.9 Å². The first-order valence-electron chi connectivity index (χ1n) is 11.7. The van der Waals surface area contributed by atoms with Gasteiger partial charge in [-0.05, 0) is 51.1 Å². The predicted molar refractivity (Wildman–Crippen MR) is 142 cm³/mol. The van der Waals surface area contributed by atoms with E-state index in [0.29, 0.717) is 52.7 Å². The number of halogens is 1. The number of rotatable bonds is 2. The van der Waals surface area contributed by atoms with E-state index in [9.17, 15) is 14.4 Å². The molecule has 11 heteroatoms. The summed E-state index contributed by atoms with van der Waals surface area (Å²) in [6.07, 6.45) is -0.952. The van der Waals surface area contributed by atoms with Crippen LogP contribution in [-0.2, 0) is 4.74 Å². The first kappa shape index (κ1) is 25.0. The van der Waals surface area contributed by atoms with E-state index in [0.717, 1.165) is 4.70 Å². The molecule has 0 aliphatic carbocycles. The van der Waals surface area contributed by atoms with E-state index in [1.54, 1.807) is 29.2 Å². The molecule has 0 atom stereocenters. The van der Waals surface area contributed by atoms with Crippen molar-refractivity contribution in [1.29, 1.82) is 0 Å². The molecule has 1 fully saturated rings. The highest BCUT2D eigenvalue weighted by atomic mass is 35.5. The second-order valence-corrected chi connectivity index (χ2v) is 11.0. The number of ether oxygens (including phenoxy) is 2. The zero-order valence-corrected chi connectivity index (χ0v) is 22.0. The van der Waals surface area contributed by atoms with Crippen molar-refractivity contribution in [2.24, 2.45) is 0 Å². The maximum absolute atomic E-state index is 12.8. The lowest BCUT2D eigenvalue weighted by atomic mass is 10.2. The van der Waals surface area contributed by atoms with Gasteiger partial charge in [-0.1, -0.05) is 17.7 Å². The summed E-state index contributed by atoms with van der Waals surface area (Å²) in [7, 11) is 0. The number of hydrogen-bond donors (Lipinski definition) is 0. The van der Waals surface area contributed by atoms with Crippen LogP contribution in [0.15, 0.2) is 51.7 Å². The van der Waals surface area contributed by atoms with Crippen LogP contribution in [0.4, 0.5) is 9.59 Å². The van der Waals surface area contributed by atoms with Crippen LogP contribution in [0.25, 0.3) is 31.8 Å². The van der Waals surface area contributed by atoms with Crippen LogP contribution in [0.5, 0.6) is 5.75 Å². The Labute approximate surface area is 221 Å². The van der Waals surface area contributed by atoms with Crippen LogP contribution < -0.4 is 10.4 Å². The van der Waals surface area contributed by atoms with E-state index in [1.807, 2.05) is 32.9 Å². The van der Waals surface area contributed by atoms with Crippen molar-refractivity contribution in [3.8, 4) is 16.3 Å². The number of carbonyl (C=O) groups excluding carboxylic acids is 2. The van der Waals surface area contributed by atoms with Crippen LogP contribution in [0.1, 0.15) is 20.8 Å². The fourth-order valence-corrected chi connectivity index (χ4v) is 5.17. The Hall–Kier alpha value is -3.63. The first-order chi connectivity index (χ1) is 17.6. The third-order valence-corrected chi connectivity index (χ3v) is 7.06. The van der Waals surface area contributed by atoms with Gasteiger partial charge in [-0.2, -0.15) is 0 Å². The van der Waals surface area contributed by atoms with Crippen LogP contribution in [0.2, 0.25) is 5.02 Å². The molecule has 1 aliphatic rings. The zero-order valence-electron chi connectivity index (χ0n) is 20.4. The predicted octanol–water partition coefficient (Wildman–Crippen LogP) is 5.77. The van der Waals surface area contributed by atoms with Crippen molar-refractivity contribution in [2.45, 2.75) is 26.4 Å². The van der Waals surface area contributed by atoms with E-state index < -0.39 is 23.4 Å². The molecule has 37 heavy (non-hydrogen) atoms. The molecule has 5 rings (SSSR count). The van der Waals surface area contributed by atoms with E-state index in [1.165, 1.54) is 22.3 Å². The van der Waals surface area contributed by atoms with Crippen molar-refractivity contribution >= 4 is 56.3 Å². The highest BCUT2D eigenvalue weighted by Gasteiger charge is 2.28. The summed E-state index contributed by atoms with van der Waals surface area (Å²) in [6.45, 7) is 6.74. The average molecular weight is 542 g/mol. The number of aromatic nitrogens is 1. The average Bonchev–Trinajstić information content (AvgIpc) is 3.28. The summed E-state index contributed by atoms with van der Waals surface area (Å²) >= 11 is 7.58. The summed E-state index contributed by atoms with van der Waals surface area (Å²) in [5.41, 5.74) is 0.119. The van der Waals surface area contributed by atoms with Gasteiger partial charge in [0.2, 0.25) is 0 Å². The Morgan fingerprint density at radius 1 is 1.03 bits per heavy atom. The molecule has 0 spiro atoms. The Bertz CT molecular complexity index is 1570. The Morgan fingerprint density at radius 2 is 1.73 bits per heavy atom. The van der Waals surface area contributed by atoms with Gasteiger partial charge in [0, 0.05) is 37.6 Å². The van der Waals surface area contributed by atoms with Crippen molar-refractivity contribution < 1.29 is 23.5 Å². The molecule has 4 aromatic rings. The lowest BCUT2D eigenvalue weighted by Crippen LogP contribution is -2.52. The van der Waals surface area contributed by atoms with Crippen LogP contribution in [-0.4, -0.2) is 58.8 Å². The molecular weight excluding hydrogens is 518 g/mol. The maximum Gasteiger partial charge on any atom is 0.415 e. The molecule has 2 amide bonds. The minimum atomic E-state index is -0.582. The molecule has 2 aromatic heterocycles. The number of nitrogens with zero attached hydrogens (tertiary/aromatic N) is 3. The standard InChI is InChI=1S/C26H24ClN3O6S/c1-26(2,3)36-25(33)30-11-9-29(10-12-30)24(32)34-16-8-7-15-13-17(23(31)35-19(15)14-16)22-28-21-18(27)5-4-6-20(21)37-22/h4-8,13-14H,9-12H2,1-3H3. The van der Waals surface area contributed by atoms with Gasteiger partial charge in [-0.25, -0.2) is 19.4 Å². The molecule has 1 saturated heterocycles. The molecular formula is C26H24ClN3O6S. The smallest absolute Gasteiger partial charge is 0.415 e. The third-order valence-electron chi connectivity index (χ3n) is 5.70. The van der Waals surface area contributed by atoms with E-state index >= 15 is 0 Å². The normalized spacial score (nSPS) is 14.3. The number of fused-ring (bicyclic) bond motifs is 2. The number of amides is 2. The van der Waals surface area contributed by atoms with E-state index in [-0.39, 0.29) is 11.3 Å². The minimum Gasteiger partial charge on any atom is -0.444 e. The van der Waals surface area contributed by atoms with Gasteiger partial charge in [-0.15, -0.1) is 11.3 Å². The Morgan fingerprint density at radius 3 is 2.41 bits per heavy atom. The van der Waals surface area contributed by atoms with Crippen LogP contribution in [0, 0.1) is 0 Å². The van der Waals surface area contributed by atoms with Crippen LogP contribution >= 0.6 is 22.9 Å². The largest absolute Gasteiger partial charge is 0.444 e. The molecule has 0 radical (unpaired) electrons. The quantitative estimate of drug-likeness (QED) is 0.297. The number of piperazine rings is 1. The van der Waals surface area contributed by atoms with E-state index in [2.05, 4.69) is 4.98 Å². The Balaban J connectivity index is 1.28. The van der Waals surface area contributed by atoms with Crippen LogP contribution in [0.3, 0.4) is 0 Å². The van der Waals surface area contributed by atoms with Crippen molar-refractivity contribution in [3.63, 3.8) is 0 Å². The molecule has 0 N–H and O–H groups in total. The Kier molecular flexibility index (Phi) is 6.55. The van der Waals surface area contributed by atoms with Gasteiger partial charge in [0.15, 0.2) is 0 Å². The summed E-state index contributed by atoms with van der Waals surface area (Å²) in [4.78, 5) is 45.3. The molecule has 2 aromatic carbocycles. The molecule has 0 unspecified atom stereocenters. The van der Waals surface area contributed by atoms with Gasteiger partial charge in [0.1, 0.15) is 27.5 Å². The topological polar surface area (TPSA) is 102 Å². The molecule has 0 bridgehead atoms. The number of thiazole rings is 1. The number of carbonyl (C=O) groups is 2. The van der Waals surface area contributed by atoms with Gasteiger partial charge < -0.3 is 23.7 Å². The lowest BCUT2D eigenvalue weighted by Gasteiger charge is -2.34. The zero-order chi connectivity index (χ0) is 26.3. The fourth-order valence-electron chi connectivity index (χ4n) is 3.90. The SMILES string of the molecule is CC(C)(C)OC(=O)N1CCN(C(=O)Oc2ccc3cc(-c4nc5c(Cl)cccc5s4)c(=O)oc3c2)CC1. The molecule has 9 nitrogen and oxygen atoms in total. The molecule has 1 aliphatic heterocycles. The van der Waals surface area contributed by atoms with Gasteiger partial charge in [-0.3, -0.25) is 0 Å². The summed E-state index contributed by atoms with van der Waals surface area (Å²) in [5.74, 6) is 0.245. The molecule has 0 saturated carbocycles. The minimum absolute atomic E-state index is 0.245. The number of hydrogen-bond acceptors (Lipinski definition) is 8. The summed E-state index contributed by atoms with van der Waals surface area (Å²) in [6, 6.07) is 12.0. The van der Waals surface area contributed by atoms with Crippen molar-refractivity contribution in [2.75, 3.05) is 26.2 Å². The molecule has 3 heterocycles. The van der Waals surface area contributed by atoms with Gasteiger partial charge in [0.25, 0.3) is 0 Å². The second kappa shape index (κ2) is 9.68. The number of benzene rings is 2. The highest BCUT2D eigenvalue weighted by molar-refractivity contribution is 7.21. The monoisotopic (exact) mass is 541 g/mol. The highest BCUT2D eigenvalue weighted by Crippen LogP contribution is 2.33. The number of para-hydroxylation sites is 1. The van der Waals surface area contributed by atoms with Crippen molar-refractivity contribution in [1.82, 2.24) is 14.8 Å². The third kappa shape index (κ3) is 5.40. The second-order valence-electron chi connectivity index (χ2n) is 9.58. The maximum atomic E-state index is 12.8. The summed E-state index contributed by atoms with van der Waals surface area (Å²) in [5, 5.41) is 1.69. The first-order valence-corrected chi connectivity index (χ1v) is 12.8. The lowest BCUT2D eigenvalue weighted by molar-refractivity contribution is 0.0154. The molecule has 192 valence electrons. The van der Waals surface area contributed by atoms with E-state index in [4.69, 9.17) is 25.5 Å². The van der Waals surface area contributed by atoms with Gasteiger partial charge >= 0.3 is 17.8 Å². The summed E-state index contributed by atoms with van der Waals surface area (Å²) < 4.78 is 17.3. The fraction of sp³-hybridized carbons (Fsp3) is 0.308. The van der Waals surface area contributed by atoms with Gasteiger partial charge in [0.05, 0.1) is 15.3 Å².